The molecule has 0 unspecified atom stereocenters. The van der Waals surface area contributed by atoms with E-state index in [1.54, 1.807) is 0 Å². The molecule has 0 radical (unpaired) electrons. The maximum absolute atomic E-state index is 12.2. The molecule has 0 bridgehead atoms. The fraction of sp³-hybridized carbons (Fsp3) is 0.125. The monoisotopic (exact) mass is 202 g/mol. The van der Waals surface area contributed by atoms with Crippen molar-refractivity contribution >= 4 is 19.3 Å². The molecule has 0 heterocycles. The molecule has 14 heavy (non-hydrogen) atoms. The highest BCUT2D eigenvalue weighted by Crippen LogP contribution is 2.28. The molecule has 74 valence electrons. The van der Waals surface area contributed by atoms with Gasteiger partial charge in [0, 0.05) is 0 Å². The summed E-state index contributed by atoms with van der Waals surface area (Å²) in [6.45, 7) is 0. The number of halogens is 3. The van der Waals surface area contributed by atoms with Crippen LogP contribution in [0.2, 0.25) is 0 Å². The van der Waals surface area contributed by atoms with Gasteiger partial charge in [0.1, 0.15) is 7.85 Å². The van der Waals surface area contributed by atoms with Crippen LogP contribution in [0.15, 0.2) is 18.2 Å². The van der Waals surface area contributed by atoms with E-state index < -0.39 is 17.7 Å². The summed E-state index contributed by atoms with van der Waals surface area (Å²) in [5.74, 6) is -1.36. The maximum atomic E-state index is 12.2. The Morgan fingerprint density at radius 3 is 2.29 bits per heavy atom. The fourth-order valence-electron chi connectivity index (χ4n) is 1.07. The molecule has 0 saturated carbocycles. The van der Waals surface area contributed by atoms with E-state index in [1.807, 2.05) is 0 Å². The molecule has 0 saturated heterocycles. The van der Waals surface area contributed by atoms with Gasteiger partial charge in [0.2, 0.25) is 0 Å². The van der Waals surface area contributed by atoms with Crippen molar-refractivity contribution in [2.45, 2.75) is 6.18 Å². The molecular weight excluding hydrogens is 196 g/mol. The highest BCUT2D eigenvalue weighted by molar-refractivity contribution is 6.32. The molecule has 0 amide bonds. The molecule has 1 aromatic carbocycles. The Bertz CT molecular complexity index is 373. The Morgan fingerprint density at radius 2 is 1.86 bits per heavy atom. The Hall–Kier alpha value is -1.46. The number of hydrogen-bond donors (Lipinski definition) is 1. The molecule has 1 aromatic rings. The lowest BCUT2D eigenvalue weighted by Crippen LogP contribution is -2.14. The second kappa shape index (κ2) is 3.36. The van der Waals surface area contributed by atoms with Gasteiger partial charge in [0.15, 0.2) is 0 Å². The summed E-state index contributed by atoms with van der Waals surface area (Å²) in [4.78, 5) is 10.5. The lowest BCUT2D eigenvalue weighted by atomic mass is 9.92. The molecule has 1 N–H and O–H groups in total. The summed E-state index contributed by atoms with van der Waals surface area (Å²) in [5.41, 5.74) is -1.01. The summed E-state index contributed by atoms with van der Waals surface area (Å²) in [7, 11) is 1.42. The molecule has 2 nitrogen and oxygen atoms in total. The van der Waals surface area contributed by atoms with Crippen LogP contribution in [0.25, 0.3) is 0 Å². The van der Waals surface area contributed by atoms with Crippen LogP contribution >= 0.6 is 0 Å². The zero-order chi connectivity index (χ0) is 10.9. The molecule has 0 fully saturated rings. The number of rotatable bonds is 1. The van der Waals surface area contributed by atoms with Gasteiger partial charge in [0.25, 0.3) is 0 Å². The topological polar surface area (TPSA) is 37.3 Å². The highest BCUT2D eigenvalue weighted by atomic mass is 19.4. The van der Waals surface area contributed by atoms with E-state index in [9.17, 15) is 18.0 Å². The van der Waals surface area contributed by atoms with Crippen molar-refractivity contribution in [1.29, 1.82) is 0 Å². The second-order valence-electron chi connectivity index (χ2n) is 2.89. The van der Waals surface area contributed by atoms with Crippen molar-refractivity contribution in [3.8, 4) is 0 Å². The highest BCUT2D eigenvalue weighted by Gasteiger charge is 2.31. The van der Waals surface area contributed by atoms with E-state index in [4.69, 9.17) is 5.11 Å². The number of alkyl halides is 3. The number of carbonyl (C=O) groups is 1. The number of carboxylic acids is 1. The summed E-state index contributed by atoms with van der Waals surface area (Å²) < 4.78 is 36.7. The molecule has 6 heteroatoms. The van der Waals surface area contributed by atoms with Gasteiger partial charge in [-0.2, -0.15) is 13.2 Å². The number of hydrogen-bond acceptors (Lipinski definition) is 1. The molecule has 0 aliphatic carbocycles. The minimum absolute atomic E-state index is 0.275. The second-order valence-corrected chi connectivity index (χ2v) is 2.89. The zero-order valence-electron chi connectivity index (χ0n) is 7.22. The van der Waals surface area contributed by atoms with E-state index >= 15 is 0 Å². The quantitative estimate of drug-likeness (QED) is 0.679. The lowest BCUT2D eigenvalue weighted by Gasteiger charge is -2.08. The first-order valence-corrected chi connectivity index (χ1v) is 3.73. The SMILES string of the molecule is Bc1cc(C(=O)O)cc(C(F)(F)F)c1. The molecular formula is C8H6BF3O2. The normalized spacial score (nSPS) is 11.4. The van der Waals surface area contributed by atoms with E-state index in [-0.39, 0.29) is 11.0 Å². The van der Waals surface area contributed by atoms with Gasteiger partial charge >= 0.3 is 12.1 Å². The predicted molar refractivity (Wildman–Crippen MR) is 46.6 cm³/mol. The summed E-state index contributed by atoms with van der Waals surface area (Å²) >= 11 is 0. The van der Waals surface area contributed by atoms with Gasteiger partial charge in [-0.15, -0.1) is 0 Å². The smallest absolute Gasteiger partial charge is 0.416 e. The van der Waals surface area contributed by atoms with Gasteiger partial charge in [-0.05, 0) is 6.07 Å². The van der Waals surface area contributed by atoms with Crippen molar-refractivity contribution < 1.29 is 23.1 Å². The molecule has 0 aromatic heterocycles. The van der Waals surface area contributed by atoms with Crippen molar-refractivity contribution in [2.75, 3.05) is 0 Å². The van der Waals surface area contributed by atoms with E-state index in [0.29, 0.717) is 6.07 Å². The van der Waals surface area contributed by atoms with Crippen molar-refractivity contribution in [2.24, 2.45) is 0 Å². The lowest BCUT2D eigenvalue weighted by molar-refractivity contribution is -0.137. The first kappa shape index (κ1) is 10.6. The Balaban J connectivity index is 3.28. The van der Waals surface area contributed by atoms with Crippen molar-refractivity contribution in [1.82, 2.24) is 0 Å². The van der Waals surface area contributed by atoms with Gasteiger partial charge in [-0.1, -0.05) is 17.6 Å². The zero-order valence-corrected chi connectivity index (χ0v) is 7.22. The average Bonchev–Trinajstić information content (AvgIpc) is 2.01. The molecule has 0 atom stereocenters. The largest absolute Gasteiger partial charge is 0.478 e. The third-order valence-corrected chi connectivity index (χ3v) is 1.65. The number of benzene rings is 1. The van der Waals surface area contributed by atoms with Crippen LogP contribution in [-0.2, 0) is 6.18 Å². The third-order valence-electron chi connectivity index (χ3n) is 1.65. The minimum Gasteiger partial charge on any atom is -0.478 e. The first-order chi connectivity index (χ1) is 6.30. The number of aromatic carboxylic acids is 1. The molecule has 1 rings (SSSR count). The van der Waals surface area contributed by atoms with Crippen LogP contribution in [-0.4, -0.2) is 18.9 Å². The van der Waals surface area contributed by atoms with Crippen LogP contribution in [0.1, 0.15) is 15.9 Å². The van der Waals surface area contributed by atoms with Gasteiger partial charge in [0.05, 0.1) is 11.1 Å². The van der Waals surface area contributed by atoms with Gasteiger partial charge < -0.3 is 5.11 Å². The Labute approximate surface area is 78.8 Å². The number of carboxylic acid groups (broad SMARTS) is 1. The summed E-state index contributed by atoms with van der Waals surface area (Å²) in [6.07, 6.45) is -4.50. The van der Waals surface area contributed by atoms with Crippen LogP contribution in [0, 0.1) is 0 Å². The third kappa shape index (κ3) is 2.28. The van der Waals surface area contributed by atoms with Crippen molar-refractivity contribution in [3.63, 3.8) is 0 Å². The van der Waals surface area contributed by atoms with Crippen LogP contribution in [0.5, 0.6) is 0 Å². The van der Waals surface area contributed by atoms with Crippen LogP contribution in [0.3, 0.4) is 0 Å². The Kier molecular flexibility index (Phi) is 2.55. The molecule has 0 aliphatic rings. The van der Waals surface area contributed by atoms with Gasteiger partial charge in [-0.25, -0.2) is 4.79 Å². The van der Waals surface area contributed by atoms with Crippen molar-refractivity contribution in [3.05, 3.63) is 29.3 Å². The molecule has 0 spiro atoms. The first-order valence-electron chi connectivity index (χ1n) is 3.73. The van der Waals surface area contributed by atoms with E-state index in [0.717, 1.165) is 6.07 Å². The van der Waals surface area contributed by atoms with E-state index in [2.05, 4.69) is 0 Å². The Morgan fingerprint density at radius 1 is 1.29 bits per heavy atom. The minimum atomic E-state index is -4.50. The maximum Gasteiger partial charge on any atom is 0.416 e. The molecule has 0 aliphatic heterocycles. The van der Waals surface area contributed by atoms with Crippen LogP contribution in [0.4, 0.5) is 13.2 Å². The average molecular weight is 202 g/mol. The van der Waals surface area contributed by atoms with E-state index in [1.165, 1.54) is 13.9 Å². The fourth-order valence-corrected chi connectivity index (χ4v) is 1.07. The summed E-state index contributed by atoms with van der Waals surface area (Å²) in [6, 6.07) is 2.72. The summed E-state index contributed by atoms with van der Waals surface area (Å²) in [5, 5.41) is 8.53. The standard InChI is InChI=1S/C8H6BF3O2/c9-6-2-4(7(13)14)1-5(3-6)8(10,11)12/h1-3H,9H2,(H,13,14). The predicted octanol–water partition coefficient (Wildman–Crippen LogP) is 0.662. The van der Waals surface area contributed by atoms with Crippen LogP contribution < -0.4 is 5.46 Å². The van der Waals surface area contributed by atoms with Gasteiger partial charge in [-0.3, -0.25) is 0 Å².